The third-order valence-corrected chi connectivity index (χ3v) is 11.2. The van der Waals surface area contributed by atoms with Gasteiger partial charge in [-0.1, -0.05) is 39.2 Å². The van der Waals surface area contributed by atoms with E-state index in [1.54, 1.807) is 20.1 Å². The van der Waals surface area contributed by atoms with Crippen LogP contribution in [0.2, 0.25) is 0 Å². The van der Waals surface area contributed by atoms with Gasteiger partial charge in [0.1, 0.15) is 18.3 Å². The Bertz CT molecular complexity index is 1560. The number of halogens is 1. The molecule has 49 heavy (non-hydrogen) atoms. The van der Waals surface area contributed by atoms with E-state index in [9.17, 15) is 14.4 Å². The third-order valence-electron chi connectivity index (χ3n) is 10.6. The van der Waals surface area contributed by atoms with Gasteiger partial charge in [-0.2, -0.15) is 9.28 Å². The molecule has 2 aliphatic carbocycles. The molecule has 4 atom stereocenters. The van der Waals surface area contributed by atoms with Crippen LogP contribution >= 0.6 is 15.9 Å². The van der Waals surface area contributed by atoms with E-state index in [2.05, 4.69) is 27.8 Å². The van der Waals surface area contributed by atoms with Crippen LogP contribution in [0.5, 0.6) is 11.6 Å². The molecule has 1 saturated heterocycles. The second-order valence-corrected chi connectivity index (χ2v) is 15.6. The van der Waals surface area contributed by atoms with Crippen molar-refractivity contribution < 1.29 is 37.8 Å². The van der Waals surface area contributed by atoms with Gasteiger partial charge in [-0.05, 0) is 104 Å². The average Bonchev–Trinajstić information content (AvgIpc) is 3.42. The fourth-order valence-electron chi connectivity index (χ4n) is 7.96. The minimum Gasteiger partial charge on any atom is -0.496 e. The molecule has 1 N–H and O–H groups in total. The number of carbonyl (C=O) groups is 3. The summed E-state index contributed by atoms with van der Waals surface area (Å²) in [5, 5.41) is 4.83. The summed E-state index contributed by atoms with van der Waals surface area (Å²) >= 11 is 3.64. The standard InChI is InChI=1S/C38H52BrN3O7/c1-7-18-38(4,5)23-48-36(44)41-33(25-14-10-9-11-15-25)35(43)42(37(45)47-8-2)22-26(19-24(42)3)49-34-29-20-30(39)32(46-6)21-28(29)27-16-12-13-17-31(27)40-34/h7,20-21,24-26,33H,1,8-19,22-23H2,2-6H3/p+1/t24-,26-,33+,42?/m1/s1. The number of carbonyl (C=O) groups excluding carboxylic acids is 3. The summed E-state index contributed by atoms with van der Waals surface area (Å²) in [5.41, 5.74) is 1.93. The van der Waals surface area contributed by atoms with Crippen LogP contribution < -0.4 is 14.8 Å². The molecule has 11 heteroatoms. The number of amides is 3. The number of methoxy groups -OCH3 is 1. The van der Waals surface area contributed by atoms with Crippen LogP contribution in [0.25, 0.3) is 10.8 Å². The Morgan fingerprint density at radius 3 is 2.53 bits per heavy atom. The molecule has 1 aliphatic heterocycles. The van der Waals surface area contributed by atoms with Gasteiger partial charge in [0.25, 0.3) is 0 Å². The quantitative estimate of drug-likeness (QED) is 0.181. The second-order valence-electron chi connectivity index (χ2n) is 14.7. The molecule has 3 amide bonds. The Kier molecular flexibility index (Phi) is 12.0. The number of allylic oxidation sites excluding steroid dienone is 1. The number of fused-ring (bicyclic) bond motifs is 3. The molecular formula is C38H53BrN3O7+. The van der Waals surface area contributed by atoms with Gasteiger partial charge >= 0.3 is 18.1 Å². The number of imide groups is 1. The minimum atomic E-state index is -0.910. The van der Waals surface area contributed by atoms with Crippen LogP contribution in [0.15, 0.2) is 29.3 Å². The molecule has 2 aromatic rings. The number of quaternary nitrogens is 1. The summed E-state index contributed by atoms with van der Waals surface area (Å²) in [6.45, 7) is 11.8. The lowest BCUT2D eigenvalue weighted by molar-refractivity contribution is -0.795. The molecule has 3 aliphatic rings. The maximum absolute atomic E-state index is 14.9. The number of pyridine rings is 1. The molecule has 0 spiro atoms. The van der Waals surface area contributed by atoms with Crippen molar-refractivity contribution in [2.45, 2.75) is 117 Å². The van der Waals surface area contributed by atoms with Crippen LogP contribution in [0.4, 0.5) is 9.59 Å². The van der Waals surface area contributed by atoms with Gasteiger partial charge in [-0.15, -0.1) is 6.58 Å². The second kappa shape index (κ2) is 15.8. The lowest BCUT2D eigenvalue weighted by Crippen LogP contribution is -2.67. The fourth-order valence-corrected chi connectivity index (χ4v) is 8.46. The van der Waals surface area contributed by atoms with Crippen molar-refractivity contribution in [3.8, 4) is 11.6 Å². The molecule has 5 rings (SSSR count). The van der Waals surface area contributed by atoms with Crippen molar-refractivity contribution >= 4 is 44.8 Å². The number of likely N-dealkylation sites (tertiary alicyclic amines) is 1. The SMILES string of the molecule is C=CCC(C)(C)COC(=O)N[C@H](C(=O)[N+]1(C(=O)OCC)C[C@H](Oc2nc3c(c4cc(OC)c(Br)cc24)CCCC3)C[C@H]1C)C1CCCCC1. The molecule has 268 valence electrons. The Labute approximate surface area is 299 Å². The number of aromatic nitrogens is 1. The van der Waals surface area contributed by atoms with E-state index < -0.39 is 34.9 Å². The van der Waals surface area contributed by atoms with Crippen molar-refractivity contribution in [1.82, 2.24) is 10.3 Å². The zero-order valence-corrected chi connectivity index (χ0v) is 31.4. The first-order chi connectivity index (χ1) is 23.4. The van der Waals surface area contributed by atoms with Crippen molar-refractivity contribution in [2.75, 3.05) is 26.9 Å². The first-order valence-electron chi connectivity index (χ1n) is 17.9. The molecule has 1 saturated carbocycles. The van der Waals surface area contributed by atoms with Gasteiger partial charge in [0.2, 0.25) is 5.88 Å². The molecule has 0 radical (unpaired) electrons. The molecular weight excluding hydrogens is 690 g/mol. The Hall–Kier alpha value is -3.18. The topological polar surface area (TPSA) is 113 Å². The predicted molar refractivity (Wildman–Crippen MR) is 192 cm³/mol. The Morgan fingerprint density at radius 1 is 1.10 bits per heavy atom. The summed E-state index contributed by atoms with van der Waals surface area (Å²) in [5.74, 6) is 0.729. The van der Waals surface area contributed by atoms with Gasteiger partial charge in [0.05, 0.1) is 24.8 Å². The summed E-state index contributed by atoms with van der Waals surface area (Å²) in [7, 11) is 1.65. The van der Waals surface area contributed by atoms with Gasteiger partial charge in [0.15, 0.2) is 12.1 Å². The maximum Gasteiger partial charge on any atom is 0.524 e. The van der Waals surface area contributed by atoms with Gasteiger partial charge in [-0.25, -0.2) is 14.6 Å². The van der Waals surface area contributed by atoms with Crippen molar-refractivity contribution in [1.29, 1.82) is 0 Å². The van der Waals surface area contributed by atoms with E-state index in [-0.39, 0.29) is 37.0 Å². The molecule has 1 unspecified atom stereocenters. The van der Waals surface area contributed by atoms with Crippen molar-refractivity contribution in [2.24, 2.45) is 11.3 Å². The van der Waals surface area contributed by atoms with E-state index in [4.69, 9.17) is 23.9 Å². The van der Waals surface area contributed by atoms with E-state index in [1.165, 1.54) is 5.56 Å². The van der Waals surface area contributed by atoms with Gasteiger partial charge in [0, 0.05) is 22.9 Å². The van der Waals surface area contributed by atoms with E-state index in [0.29, 0.717) is 18.7 Å². The molecule has 2 heterocycles. The predicted octanol–water partition coefficient (Wildman–Crippen LogP) is 8.20. The Morgan fingerprint density at radius 2 is 1.84 bits per heavy atom. The lowest BCUT2D eigenvalue weighted by Gasteiger charge is -2.37. The van der Waals surface area contributed by atoms with E-state index in [0.717, 1.165) is 84.5 Å². The zero-order chi connectivity index (χ0) is 35.3. The summed E-state index contributed by atoms with van der Waals surface area (Å²) in [6, 6.07) is 2.65. The number of aryl methyl sites for hydroxylation is 2. The summed E-state index contributed by atoms with van der Waals surface area (Å²) < 4.78 is 23.9. The van der Waals surface area contributed by atoms with Crippen molar-refractivity contribution in [3.05, 3.63) is 40.5 Å². The lowest BCUT2D eigenvalue weighted by atomic mass is 9.83. The highest BCUT2D eigenvalue weighted by Crippen LogP contribution is 2.41. The normalized spacial score (nSPS) is 23.3. The van der Waals surface area contributed by atoms with Crippen LogP contribution in [0.3, 0.4) is 0 Å². The maximum atomic E-state index is 14.9. The number of nitrogens with one attached hydrogen (secondary N) is 1. The highest BCUT2D eigenvalue weighted by Gasteiger charge is 2.61. The summed E-state index contributed by atoms with van der Waals surface area (Å²) in [4.78, 5) is 47.3. The smallest absolute Gasteiger partial charge is 0.496 e. The summed E-state index contributed by atoms with van der Waals surface area (Å²) in [6.07, 6.45) is 9.61. The molecule has 10 nitrogen and oxygen atoms in total. The van der Waals surface area contributed by atoms with E-state index >= 15 is 0 Å². The molecule has 2 fully saturated rings. The highest BCUT2D eigenvalue weighted by atomic mass is 79.9. The third kappa shape index (κ3) is 7.93. The number of rotatable bonds is 11. The molecule has 0 bridgehead atoms. The Balaban J connectivity index is 1.47. The average molecular weight is 744 g/mol. The fraction of sp³-hybridized carbons (Fsp3) is 0.632. The molecule has 1 aromatic heterocycles. The largest absolute Gasteiger partial charge is 0.524 e. The van der Waals surface area contributed by atoms with Crippen LogP contribution in [-0.2, 0) is 27.1 Å². The highest BCUT2D eigenvalue weighted by molar-refractivity contribution is 9.10. The number of hydrogen-bond acceptors (Lipinski definition) is 8. The van der Waals surface area contributed by atoms with Gasteiger partial charge < -0.3 is 24.3 Å². The number of hydrogen-bond donors (Lipinski definition) is 1. The first-order valence-corrected chi connectivity index (χ1v) is 18.7. The van der Waals surface area contributed by atoms with Gasteiger partial charge in [-0.3, -0.25) is 0 Å². The first kappa shape index (κ1) is 37.1. The van der Waals surface area contributed by atoms with Crippen molar-refractivity contribution in [3.63, 3.8) is 0 Å². The zero-order valence-electron chi connectivity index (χ0n) is 29.8. The van der Waals surface area contributed by atoms with Crippen LogP contribution in [0, 0.1) is 11.3 Å². The van der Waals surface area contributed by atoms with Crippen LogP contribution in [0.1, 0.15) is 96.7 Å². The number of benzene rings is 1. The van der Waals surface area contributed by atoms with Crippen LogP contribution in [-0.4, -0.2) is 72.6 Å². The molecule has 1 aromatic carbocycles. The monoisotopic (exact) mass is 742 g/mol. The minimum absolute atomic E-state index is 0.0722. The number of nitrogens with zero attached hydrogens (tertiary/aromatic N) is 2. The number of alkyl carbamates (subject to hydrolysis) is 1. The number of ether oxygens (including phenoxy) is 4. The van der Waals surface area contributed by atoms with E-state index in [1.807, 2.05) is 32.9 Å².